The van der Waals surface area contributed by atoms with Crippen LogP contribution in [0.3, 0.4) is 0 Å². The summed E-state index contributed by atoms with van der Waals surface area (Å²) < 4.78 is 33.5. The van der Waals surface area contributed by atoms with E-state index >= 15 is 0 Å². The molecule has 1 unspecified atom stereocenters. The number of aryl methyl sites for hydroxylation is 2. The second kappa shape index (κ2) is 5.16. The predicted molar refractivity (Wildman–Crippen MR) is 81.4 cm³/mol. The molecule has 1 heterocycles. The van der Waals surface area contributed by atoms with Crippen molar-refractivity contribution >= 4 is 0 Å². The average molecular weight is 258 g/mol. The predicted octanol–water partition coefficient (Wildman–Crippen LogP) is 4.23. The van der Waals surface area contributed by atoms with E-state index in [2.05, 4.69) is 19.1 Å². The number of benzene rings is 1. The number of rotatable bonds is 2. The van der Waals surface area contributed by atoms with Crippen LogP contribution >= 0.6 is 0 Å². The first-order valence-electron chi connectivity index (χ1n) is 8.55. The third-order valence-electron chi connectivity index (χ3n) is 3.77. The Bertz CT molecular complexity index is 745. The van der Waals surface area contributed by atoms with Crippen LogP contribution in [0.2, 0.25) is 0 Å². The molecular weight excluding hydrogens is 230 g/mol. The molecule has 0 aliphatic carbocycles. The highest BCUT2D eigenvalue weighted by molar-refractivity contribution is 5.64. The Kier molecular flexibility index (Phi) is 2.53. The van der Waals surface area contributed by atoms with Gasteiger partial charge in [0.25, 0.3) is 0 Å². The van der Waals surface area contributed by atoms with Gasteiger partial charge < -0.3 is 0 Å². The Morgan fingerprint density at radius 3 is 2.47 bits per heavy atom. The first kappa shape index (κ1) is 9.30. The Balaban J connectivity index is 2.75. The monoisotopic (exact) mass is 258 g/mol. The molecule has 0 saturated carbocycles. The van der Waals surface area contributed by atoms with Gasteiger partial charge in [-0.2, -0.15) is 4.57 Å². The standard InChI is InChI=1S/C18H24N/c1-12(2)17-11-14(4)18(19(6)15(17)5)16-10-8-7-9-13(16)3/h7-12H,1-6H3/q+1/i1D3,12D. The molecule has 0 amide bonds. The van der Waals surface area contributed by atoms with Crippen LogP contribution in [0.25, 0.3) is 11.3 Å². The third-order valence-corrected chi connectivity index (χ3v) is 3.77. The van der Waals surface area contributed by atoms with Crippen molar-refractivity contribution in [2.45, 2.75) is 40.4 Å². The summed E-state index contributed by atoms with van der Waals surface area (Å²) in [6, 6.07) is 10.00. The van der Waals surface area contributed by atoms with Crippen LogP contribution in [0.4, 0.5) is 0 Å². The van der Waals surface area contributed by atoms with Crippen molar-refractivity contribution < 1.29 is 10.1 Å². The van der Waals surface area contributed by atoms with Crippen molar-refractivity contribution in [3.05, 3.63) is 52.7 Å². The maximum Gasteiger partial charge on any atom is 0.215 e. The molecule has 19 heavy (non-hydrogen) atoms. The van der Waals surface area contributed by atoms with E-state index in [4.69, 9.17) is 5.48 Å². The average Bonchev–Trinajstić information content (AvgIpc) is 2.43. The Morgan fingerprint density at radius 2 is 1.84 bits per heavy atom. The summed E-state index contributed by atoms with van der Waals surface area (Å²) in [5.74, 6) is -1.64. The zero-order valence-corrected chi connectivity index (χ0v) is 12.3. The van der Waals surface area contributed by atoms with Crippen molar-refractivity contribution in [3.63, 3.8) is 0 Å². The highest BCUT2D eigenvalue weighted by Crippen LogP contribution is 2.27. The second-order valence-electron chi connectivity index (χ2n) is 5.17. The van der Waals surface area contributed by atoms with Gasteiger partial charge in [0.1, 0.15) is 7.05 Å². The summed E-state index contributed by atoms with van der Waals surface area (Å²) in [6.45, 7) is 5.01. The fourth-order valence-electron chi connectivity index (χ4n) is 2.61. The van der Waals surface area contributed by atoms with E-state index < -0.39 is 12.7 Å². The van der Waals surface area contributed by atoms with Gasteiger partial charge in [-0.15, -0.1) is 0 Å². The van der Waals surface area contributed by atoms with Gasteiger partial charge in [-0.25, -0.2) is 0 Å². The minimum atomic E-state index is -2.37. The molecular formula is C18H24N+. The normalized spacial score (nSPS) is 17.9. The zero-order chi connectivity index (χ0) is 17.6. The van der Waals surface area contributed by atoms with Gasteiger partial charge in [0, 0.05) is 29.1 Å². The van der Waals surface area contributed by atoms with Gasteiger partial charge in [0.15, 0.2) is 5.69 Å². The smallest absolute Gasteiger partial charge is 0.198 e. The maximum atomic E-state index is 8.39. The summed E-state index contributed by atoms with van der Waals surface area (Å²) in [5, 5.41) is 0. The van der Waals surface area contributed by atoms with E-state index in [-0.39, 0.29) is 0 Å². The molecule has 100 valence electrons. The first-order chi connectivity index (χ1) is 10.5. The van der Waals surface area contributed by atoms with Gasteiger partial charge in [-0.05, 0) is 37.4 Å². The topological polar surface area (TPSA) is 3.88 Å². The minimum absolute atomic E-state index is 0.551. The van der Waals surface area contributed by atoms with Gasteiger partial charge in [-0.3, -0.25) is 0 Å². The fraction of sp³-hybridized carbons (Fsp3) is 0.389. The van der Waals surface area contributed by atoms with Gasteiger partial charge >= 0.3 is 0 Å². The first-order valence-corrected chi connectivity index (χ1v) is 6.55. The number of aromatic nitrogens is 1. The van der Waals surface area contributed by atoms with Crippen LogP contribution < -0.4 is 4.57 Å². The zero-order valence-electron chi connectivity index (χ0n) is 16.3. The summed E-state index contributed by atoms with van der Waals surface area (Å²) in [6.07, 6.45) is 0. The molecule has 1 atom stereocenters. The molecule has 0 saturated heterocycles. The maximum absolute atomic E-state index is 8.39. The molecule has 1 heteroatoms. The number of pyridine rings is 1. The molecule has 2 aromatic rings. The lowest BCUT2D eigenvalue weighted by atomic mass is 9.95. The third kappa shape index (κ3) is 2.42. The van der Waals surface area contributed by atoms with E-state index in [0.29, 0.717) is 5.56 Å². The molecule has 0 N–H and O–H groups in total. The van der Waals surface area contributed by atoms with Gasteiger partial charge in [0.05, 0.1) is 0 Å². The Labute approximate surface area is 122 Å². The van der Waals surface area contributed by atoms with Crippen molar-refractivity contribution in [1.29, 1.82) is 0 Å². The molecule has 2 rings (SSSR count). The largest absolute Gasteiger partial charge is 0.215 e. The van der Waals surface area contributed by atoms with E-state index in [0.717, 1.165) is 22.5 Å². The van der Waals surface area contributed by atoms with Crippen LogP contribution in [0.5, 0.6) is 0 Å². The van der Waals surface area contributed by atoms with Crippen molar-refractivity contribution in [3.8, 4) is 11.3 Å². The SMILES string of the molecule is [2H]C([2H])([2H])C([2H])(C)c1cc(C)c(-c2ccccc2C)[n+](C)c1C. The van der Waals surface area contributed by atoms with Crippen LogP contribution in [-0.2, 0) is 7.05 Å². The molecule has 0 aliphatic rings. The molecule has 1 aromatic carbocycles. The number of hydrogen-bond acceptors (Lipinski definition) is 0. The molecule has 1 aromatic heterocycles. The van der Waals surface area contributed by atoms with Gasteiger partial charge in [0.2, 0.25) is 5.69 Å². The summed E-state index contributed by atoms with van der Waals surface area (Å²) in [7, 11) is 1.93. The van der Waals surface area contributed by atoms with Crippen LogP contribution in [-0.4, -0.2) is 0 Å². The minimum Gasteiger partial charge on any atom is -0.198 e. The highest BCUT2D eigenvalue weighted by atomic mass is 14.9. The summed E-state index contributed by atoms with van der Waals surface area (Å²) in [5.41, 5.74) is 5.69. The lowest BCUT2D eigenvalue weighted by molar-refractivity contribution is -0.667. The number of nitrogens with zero attached hydrogens (tertiary/aromatic N) is 1. The van der Waals surface area contributed by atoms with Crippen molar-refractivity contribution in [1.82, 2.24) is 0 Å². The fourth-order valence-corrected chi connectivity index (χ4v) is 2.61. The van der Waals surface area contributed by atoms with Crippen molar-refractivity contribution in [2.24, 2.45) is 7.05 Å². The summed E-state index contributed by atoms with van der Waals surface area (Å²) >= 11 is 0. The quantitative estimate of drug-likeness (QED) is 0.710. The van der Waals surface area contributed by atoms with Gasteiger partial charge in [-0.1, -0.05) is 32.0 Å². The molecule has 0 spiro atoms. The second-order valence-corrected chi connectivity index (χ2v) is 5.17. The molecule has 0 radical (unpaired) electrons. The van der Waals surface area contributed by atoms with E-state index in [9.17, 15) is 0 Å². The lowest BCUT2D eigenvalue weighted by Crippen LogP contribution is -2.37. The Hall–Kier alpha value is -1.63. The van der Waals surface area contributed by atoms with E-state index in [1.54, 1.807) is 0 Å². The molecule has 1 nitrogen and oxygen atoms in total. The molecule has 0 fully saturated rings. The molecule has 0 bridgehead atoms. The van der Waals surface area contributed by atoms with E-state index in [1.165, 1.54) is 12.5 Å². The van der Waals surface area contributed by atoms with E-state index in [1.807, 2.05) is 43.7 Å². The van der Waals surface area contributed by atoms with Crippen LogP contribution in [0, 0.1) is 20.8 Å². The Morgan fingerprint density at radius 1 is 1.16 bits per heavy atom. The summed E-state index contributed by atoms with van der Waals surface area (Å²) in [4.78, 5) is 0. The molecule has 0 aliphatic heterocycles. The van der Waals surface area contributed by atoms with Crippen LogP contribution in [0.15, 0.2) is 30.3 Å². The lowest BCUT2D eigenvalue weighted by Gasteiger charge is -2.14. The van der Waals surface area contributed by atoms with Crippen LogP contribution in [0.1, 0.15) is 47.5 Å². The van der Waals surface area contributed by atoms with Crippen molar-refractivity contribution in [2.75, 3.05) is 0 Å². The highest BCUT2D eigenvalue weighted by Gasteiger charge is 2.21. The number of hydrogen-bond donors (Lipinski definition) is 0.